The van der Waals surface area contributed by atoms with Crippen molar-refractivity contribution in [2.75, 3.05) is 26.7 Å². The average Bonchev–Trinajstić information content (AvgIpc) is 2.64. The largest absolute Gasteiger partial charge is 0.486 e. The van der Waals surface area contributed by atoms with Crippen LogP contribution in [0.25, 0.3) is 0 Å². The highest BCUT2D eigenvalue weighted by Gasteiger charge is 2.18. The Morgan fingerprint density at radius 1 is 1.15 bits per heavy atom. The second-order valence-electron chi connectivity index (χ2n) is 5.89. The summed E-state index contributed by atoms with van der Waals surface area (Å²) in [6.45, 7) is 5.18. The highest BCUT2D eigenvalue weighted by Crippen LogP contribution is 2.24. The Bertz CT molecular complexity index is 835. The van der Waals surface area contributed by atoms with Crippen molar-refractivity contribution >= 4 is 21.7 Å². The lowest BCUT2D eigenvalue weighted by atomic mass is 10.0. The van der Waals surface area contributed by atoms with Crippen molar-refractivity contribution in [2.45, 2.75) is 0 Å². The highest BCUT2D eigenvalue weighted by molar-refractivity contribution is 9.10. The Kier molecular flexibility index (Phi) is 7.88. The summed E-state index contributed by atoms with van der Waals surface area (Å²) in [5.74, 6) is -2.43. The fraction of sp³-hybridized carbons (Fsp3) is 0.190. The lowest BCUT2D eigenvalue weighted by Crippen LogP contribution is -2.17. The second-order valence-corrected chi connectivity index (χ2v) is 6.81. The van der Waals surface area contributed by atoms with E-state index in [2.05, 4.69) is 22.5 Å². The summed E-state index contributed by atoms with van der Waals surface area (Å²) in [5.41, 5.74) is -0.0551. The van der Waals surface area contributed by atoms with E-state index in [4.69, 9.17) is 4.74 Å². The molecular formula is C21H20BrF2NO2. The molecule has 3 nitrogen and oxygen atoms in total. The van der Waals surface area contributed by atoms with Crippen LogP contribution in [0.5, 0.6) is 5.75 Å². The number of hydrogen-bond donors (Lipinski definition) is 0. The molecule has 0 atom stereocenters. The number of nitrogens with zero attached hydrogens (tertiary/aromatic N) is 1. The van der Waals surface area contributed by atoms with Crippen LogP contribution in [0.4, 0.5) is 8.78 Å². The van der Waals surface area contributed by atoms with Crippen LogP contribution in [-0.4, -0.2) is 37.4 Å². The van der Waals surface area contributed by atoms with Gasteiger partial charge in [-0.3, -0.25) is 9.69 Å². The average molecular weight is 436 g/mol. The molecular weight excluding hydrogens is 416 g/mol. The third kappa shape index (κ3) is 6.12. The molecule has 0 fully saturated rings. The van der Waals surface area contributed by atoms with Crippen LogP contribution in [0.2, 0.25) is 0 Å². The molecule has 6 heteroatoms. The van der Waals surface area contributed by atoms with Gasteiger partial charge in [-0.05, 0) is 37.4 Å². The van der Waals surface area contributed by atoms with Gasteiger partial charge in [0.05, 0.1) is 5.56 Å². The molecule has 0 unspecified atom stereocenters. The van der Waals surface area contributed by atoms with E-state index in [1.807, 2.05) is 18.0 Å². The molecule has 0 radical (unpaired) electrons. The van der Waals surface area contributed by atoms with E-state index in [1.54, 1.807) is 36.4 Å². The summed E-state index contributed by atoms with van der Waals surface area (Å²) >= 11 is 3.26. The minimum Gasteiger partial charge on any atom is -0.486 e. The van der Waals surface area contributed by atoms with Crippen LogP contribution in [-0.2, 0) is 0 Å². The van der Waals surface area contributed by atoms with Crippen molar-refractivity contribution < 1.29 is 18.3 Å². The minimum atomic E-state index is -0.825. The molecule has 0 saturated carbocycles. The number of ether oxygens (including phenoxy) is 1. The van der Waals surface area contributed by atoms with Gasteiger partial charge in [-0.2, -0.15) is 0 Å². The molecule has 0 aliphatic rings. The zero-order valence-corrected chi connectivity index (χ0v) is 16.5. The molecule has 0 amide bonds. The van der Waals surface area contributed by atoms with Crippen LogP contribution in [0.1, 0.15) is 15.9 Å². The summed E-state index contributed by atoms with van der Waals surface area (Å²) in [6.07, 6.45) is 5.38. The molecule has 0 saturated heterocycles. The molecule has 0 heterocycles. The number of benzene rings is 2. The van der Waals surface area contributed by atoms with Gasteiger partial charge in [-0.15, -0.1) is 6.58 Å². The molecule has 0 aliphatic carbocycles. The van der Waals surface area contributed by atoms with E-state index < -0.39 is 17.4 Å². The van der Waals surface area contributed by atoms with Crippen molar-refractivity contribution in [3.05, 3.63) is 88.4 Å². The monoisotopic (exact) mass is 435 g/mol. The van der Waals surface area contributed by atoms with Crippen molar-refractivity contribution in [1.29, 1.82) is 0 Å². The van der Waals surface area contributed by atoms with E-state index >= 15 is 0 Å². The van der Waals surface area contributed by atoms with Crippen molar-refractivity contribution in [1.82, 2.24) is 4.90 Å². The van der Waals surface area contributed by atoms with Crippen LogP contribution >= 0.6 is 15.9 Å². The fourth-order valence-corrected chi connectivity index (χ4v) is 2.59. The predicted octanol–water partition coefficient (Wildman–Crippen LogP) is 5.01. The van der Waals surface area contributed by atoms with Gasteiger partial charge in [0.2, 0.25) is 0 Å². The maximum absolute atomic E-state index is 14.3. The first-order valence-electron chi connectivity index (χ1n) is 8.29. The Morgan fingerprint density at radius 3 is 2.52 bits per heavy atom. The van der Waals surface area contributed by atoms with Gasteiger partial charge < -0.3 is 4.74 Å². The number of rotatable bonds is 9. The van der Waals surface area contributed by atoms with E-state index in [0.29, 0.717) is 6.54 Å². The standard InChI is InChI=1S/C21H20BrF2NO2/c1-3-10-25(2)11-4-5-12-27-20-14-18(23)17(13-19(20)24)21(26)15-6-8-16(22)9-7-15/h3-9,13-14H,1,10-12H2,2H3/b5-4+. The number of hydrogen-bond acceptors (Lipinski definition) is 3. The van der Waals surface area contributed by atoms with Crippen molar-refractivity contribution in [2.24, 2.45) is 0 Å². The SMILES string of the molecule is C=CCN(C)C/C=C/COc1cc(F)c(C(=O)c2ccc(Br)cc2)cc1F. The first kappa shape index (κ1) is 21.0. The van der Waals surface area contributed by atoms with Gasteiger partial charge in [0.15, 0.2) is 17.3 Å². The molecule has 0 bridgehead atoms. The molecule has 2 aromatic carbocycles. The Morgan fingerprint density at radius 2 is 1.85 bits per heavy atom. The van der Waals surface area contributed by atoms with Gasteiger partial charge in [-0.1, -0.05) is 34.2 Å². The third-order valence-electron chi connectivity index (χ3n) is 3.73. The van der Waals surface area contributed by atoms with E-state index in [9.17, 15) is 13.6 Å². The maximum atomic E-state index is 14.3. The summed E-state index contributed by atoms with van der Waals surface area (Å²) in [5, 5.41) is 0. The summed E-state index contributed by atoms with van der Waals surface area (Å²) in [4.78, 5) is 14.4. The molecule has 142 valence electrons. The zero-order valence-electron chi connectivity index (χ0n) is 14.9. The quantitative estimate of drug-likeness (QED) is 0.409. The van der Waals surface area contributed by atoms with Crippen LogP contribution in [0.3, 0.4) is 0 Å². The molecule has 2 aromatic rings. The molecule has 0 N–H and O–H groups in total. The van der Waals surface area contributed by atoms with Gasteiger partial charge >= 0.3 is 0 Å². The van der Waals surface area contributed by atoms with Gasteiger partial charge in [0.25, 0.3) is 0 Å². The second kappa shape index (κ2) is 10.1. The number of ketones is 1. The Labute approximate surface area is 166 Å². The van der Waals surface area contributed by atoms with E-state index in [1.165, 1.54) is 0 Å². The van der Waals surface area contributed by atoms with Gasteiger partial charge in [0.1, 0.15) is 12.4 Å². The first-order valence-corrected chi connectivity index (χ1v) is 9.08. The first-order chi connectivity index (χ1) is 12.9. The topological polar surface area (TPSA) is 29.5 Å². The van der Waals surface area contributed by atoms with Crippen LogP contribution in [0, 0.1) is 11.6 Å². The normalized spacial score (nSPS) is 11.1. The summed E-state index contributed by atoms with van der Waals surface area (Å²) in [6, 6.07) is 8.19. The van der Waals surface area contributed by atoms with E-state index in [-0.39, 0.29) is 23.5 Å². The molecule has 0 spiro atoms. The van der Waals surface area contributed by atoms with Gasteiger partial charge in [0, 0.05) is 29.2 Å². The maximum Gasteiger partial charge on any atom is 0.196 e. The van der Waals surface area contributed by atoms with Crippen LogP contribution in [0.15, 0.2) is 65.7 Å². The molecule has 0 aliphatic heterocycles. The molecule has 2 rings (SSSR count). The molecule has 0 aromatic heterocycles. The zero-order chi connectivity index (χ0) is 19.8. The van der Waals surface area contributed by atoms with E-state index in [0.717, 1.165) is 23.2 Å². The van der Waals surface area contributed by atoms with Crippen molar-refractivity contribution in [3.63, 3.8) is 0 Å². The number of likely N-dealkylation sites (N-methyl/N-ethyl adjacent to an activating group) is 1. The number of carbonyl (C=O) groups is 1. The lowest BCUT2D eigenvalue weighted by molar-refractivity contribution is 0.103. The Balaban J connectivity index is 2.03. The Hall–Kier alpha value is -2.31. The minimum absolute atomic E-state index is 0.0955. The molecule has 27 heavy (non-hydrogen) atoms. The summed E-state index contributed by atoms with van der Waals surface area (Å²) in [7, 11) is 1.93. The predicted molar refractivity (Wildman–Crippen MR) is 106 cm³/mol. The highest BCUT2D eigenvalue weighted by atomic mass is 79.9. The number of carbonyl (C=O) groups excluding carboxylic acids is 1. The van der Waals surface area contributed by atoms with Gasteiger partial charge in [-0.25, -0.2) is 8.78 Å². The smallest absolute Gasteiger partial charge is 0.196 e. The van der Waals surface area contributed by atoms with Crippen molar-refractivity contribution in [3.8, 4) is 5.75 Å². The van der Waals surface area contributed by atoms with Crippen LogP contribution < -0.4 is 4.74 Å². The summed E-state index contributed by atoms with van der Waals surface area (Å²) < 4.78 is 34.6. The number of halogens is 3. The lowest BCUT2D eigenvalue weighted by Gasteiger charge is -2.11. The third-order valence-corrected chi connectivity index (χ3v) is 4.26. The fourth-order valence-electron chi connectivity index (χ4n) is 2.33.